The first-order valence-corrected chi connectivity index (χ1v) is 5.55. The molecule has 0 atom stereocenters. The molecule has 2 aromatic rings. The van der Waals surface area contributed by atoms with E-state index in [0.717, 1.165) is 16.5 Å². The van der Waals surface area contributed by atoms with Crippen LogP contribution in [-0.4, -0.2) is 4.98 Å². The van der Waals surface area contributed by atoms with Gasteiger partial charge in [-0.05, 0) is 24.6 Å². The molecule has 0 amide bonds. The molecule has 0 radical (unpaired) electrons. The van der Waals surface area contributed by atoms with Crippen molar-refractivity contribution in [2.45, 2.75) is 10.7 Å². The van der Waals surface area contributed by atoms with Crippen molar-refractivity contribution in [1.29, 1.82) is 0 Å². The van der Waals surface area contributed by atoms with Crippen LogP contribution in [0.25, 0.3) is 10.9 Å². The zero-order valence-corrected chi connectivity index (χ0v) is 10.2. The number of hydrogen-bond donors (Lipinski definition) is 0. The maximum Gasteiger partial charge on any atom is 0.232 e. The molecular weight excluding hydrogens is 252 g/mol. The number of halogens is 3. The van der Waals surface area contributed by atoms with Gasteiger partial charge in [-0.15, -0.1) is 0 Å². The van der Waals surface area contributed by atoms with Crippen LogP contribution in [0, 0.1) is 6.92 Å². The summed E-state index contributed by atoms with van der Waals surface area (Å²) in [7, 11) is 0. The summed E-state index contributed by atoms with van der Waals surface area (Å²) in [6.45, 7) is 1.98. The predicted octanol–water partition coefficient (Wildman–Crippen LogP) is 4.37. The van der Waals surface area contributed by atoms with Crippen LogP contribution in [0.4, 0.5) is 0 Å². The van der Waals surface area contributed by atoms with Gasteiger partial charge in [0.25, 0.3) is 0 Å². The molecule has 0 fully saturated rings. The second-order valence-corrected chi connectivity index (χ2v) is 5.62. The lowest BCUT2D eigenvalue weighted by atomic mass is 10.1. The lowest BCUT2D eigenvalue weighted by molar-refractivity contribution is 1.11. The largest absolute Gasteiger partial charge is 0.248 e. The van der Waals surface area contributed by atoms with Crippen LogP contribution < -0.4 is 0 Å². The molecule has 0 bridgehead atoms. The smallest absolute Gasteiger partial charge is 0.232 e. The molecule has 78 valence electrons. The fraction of sp³-hybridized carbons (Fsp3) is 0.182. The van der Waals surface area contributed by atoms with Crippen LogP contribution >= 0.6 is 34.8 Å². The molecule has 4 heteroatoms. The van der Waals surface area contributed by atoms with E-state index >= 15 is 0 Å². The minimum absolute atomic E-state index is 0.462. The number of hydrogen-bond acceptors (Lipinski definition) is 1. The van der Waals surface area contributed by atoms with E-state index in [-0.39, 0.29) is 0 Å². The second kappa shape index (κ2) is 3.82. The Morgan fingerprint density at radius 1 is 1.13 bits per heavy atom. The zero-order valence-electron chi connectivity index (χ0n) is 7.97. The van der Waals surface area contributed by atoms with E-state index in [2.05, 4.69) is 4.98 Å². The average molecular weight is 261 g/mol. The third-order valence-electron chi connectivity index (χ3n) is 2.21. The fourth-order valence-electron chi connectivity index (χ4n) is 1.49. The number of aryl methyl sites for hydroxylation is 1. The van der Waals surface area contributed by atoms with Gasteiger partial charge in [-0.25, -0.2) is 4.98 Å². The van der Waals surface area contributed by atoms with Gasteiger partial charge in [0.15, 0.2) is 0 Å². The number of fused-ring (bicyclic) bond motifs is 1. The van der Waals surface area contributed by atoms with Crippen LogP contribution in [0.15, 0.2) is 30.3 Å². The predicted molar refractivity (Wildman–Crippen MR) is 65.7 cm³/mol. The lowest BCUT2D eigenvalue weighted by Gasteiger charge is -2.12. The SMILES string of the molecule is Cc1cc(C(Cl)(Cl)Cl)nc2ccccc12. The fourth-order valence-corrected chi connectivity index (χ4v) is 1.79. The highest BCUT2D eigenvalue weighted by Crippen LogP contribution is 2.38. The van der Waals surface area contributed by atoms with E-state index in [1.165, 1.54) is 0 Å². The summed E-state index contributed by atoms with van der Waals surface area (Å²) in [5.74, 6) is 0. The van der Waals surface area contributed by atoms with Gasteiger partial charge in [0.05, 0.1) is 11.2 Å². The molecule has 0 saturated heterocycles. The standard InChI is InChI=1S/C11H8Cl3N/c1-7-6-10(11(12,13)14)15-9-5-3-2-4-8(7)9/h2-6H,1H3. The summed E-state index contributed by atoms with van der Waals surface area (Å²) in [6.07, 6.45) is 0. The first kappa shape index (κ1) is 11.0. The lowest BCUT2D eigenvalue weighted by Crippen LogP contribution is -2.04. The van der Waals surface area contributed by atoms with Gasteiger partial charge in [0.2, 0.25) is 3.79 Å². The Labute approximate surface area is 103 Å². The quantitative estimate of drug-likeness (QED) is 0.641. The van der Waals surface area contributed by atoms with Gasteiger partial charge < -0.3 is 0 Å². The summed E-state index contributed by atoms with van der Waals surface area (Å²) in [4.78, 5) is 4.31. The van der Waals surface area contributed by atoms with Gasteiger partial charge in [-0.2, -0.15) is 0 Å². The van der Waals surface area contributed by atoms with Crippen molar-refractivity contribution in [1.82, 2.24) is 4.98 Å². The molecule has 0 aliphatic carbocycles. The molecular formula is C11H8Cl3N. The highest BCUT2D eigenvalue weighted by molar-refractivity contribution is 6.66. The highest BCUT2D eigenvalue weighted by atomic mass is 35.6. The maximum atomic E-state index is 5.80. The van der Waals surface area contributed by atoms with E-state index < -0.39 is 3.79 Å². The number of benzene rings is 1. The van der Waals surface area contributed by atoms with E-state index in [4.69, 9.17) is 34.8 Å². The molecule has 0 aliphatic heterocycles. The molecule has 0 spiro atoms. The van der Waals surface area contributed by atoms with Crippen LogP contribution in [0.2, 0.25) is 0 Å². The third-order valence-corrected chi connectivity index (χ3v) is 2.79. The molecule has 0 unspecified atom stereocenters. The van der Waals surface area contributed by atoms with Crippen LogP contribution in [0.1, 0.15) is 11.3 Å². The Morgan fingerprint density at radius 3 is 2.47 bits per heavy atom. The number of pyridine rings is 1. The third kappa shape index (κ3) is 2.20. The summed E-state index contributed by atoms with van der Waals surface area (Å²) < 4.78 is -1.46. The number of aromatic nitrogens is 1. The summed E-state index contributed by atoms with van der Waals surface area (Å²) in [5, 5.41) is 1.08. The van der Waals surface area contributed by atoms with Crippen LogP contribution in [0.5, 0.6) is 0 Å². The summed E-state index contributed by atoms with van der Waals surface area (Å²) in [5.41, 5.74) is 2.37. The Bertz CT molecular complexity index is 503. The Kier molecular flexibility index (Phi) is 2.80. The number of nitrogens with zero attached hydrogens (tertiary/aromatic N) is 1. The topological polar surface area (TPSA) is 12.9 Å². The Hall–Kier alpha value is -0.500. The molecule has 1 nitrogen and oxygen atoms in total. The maximum absolute atomic E-state index is 5.80. The minimum atomic E-state index is -1.46. The monoisotopic (exact) mass is 259 g/mol. The summed E-state index contributed by atoms with van der Waals surface area (Å²) in [6, 6.07) is 9.58. The number of alkyl halides is 3. The molecule has 0 N–H and O–H groups in total. The summed E-state index contributed by atoms with van der Waals surface area (Å²) >= 11 is 17.4. The average Bonchev–Trinajstić information content (AvgIpc) is 2.16. The van der Waals surface area contributed by atoms with Crippen molar-refractivity contribution in [3.63, 3.8) is 0 Å². The number of para-hydroxylation sites is 1. The van der Waals surface area contributed by atoms with E-state index in [9.17, 15) is 0 Å². The minimum Gasteiger partial charge on any atom is -0.248 e. The van der Waals surface area contributed by atoms with Crippen molar-refractivity contribution < 1.29 is 0 Å². The molecule has 2 rings (SSSR count). The van der Waals surface area contributed by atoms with Crippen molar-refractivity contribution in [2.75, 3.05) is 0 Å². The van der Waals surface area contributed by atoms with E-state index in [0.29, 0.717) is 5.69 Å². The van der Waals surface area contributed by atoms with Crippen molar-refractivity contribution in [3.8, 4) is 0 Å². The Morgan fingerprint density at radius 2 is 1.80 bits per heavy atom. The van der Waals surface area contributed by atoms with Gasteiger partial charge >= 0.3 is 0 Å². The van der Waals surface area contributed by atoms with E-state index in [1.807, 2.05) is 31.2 Å². The van der Waals surface area contributed by atoms with Crippen LogP contribution in [-0.2, 0) is 3.79 Å². The zero-order chi connectivity index (χ0) is 11.1. The number of rotatable bonds is 0. The molecule has 0 saturated carbocycles. The van der Waals surface area contributed by atoms with Crippen molar-refractivity contribution in [3.05, 3.63) is 41.6 Å². The van der Waals surface area contributed by atoms with Gasteiger partial charge in [-0.3, -0.25) is 0 Å². The van der Waals surface area contributed by atoms with E-state index in [1.54, 1.807) is 6.07 Å². The molecule has 1 aromatic carbocycles. The molecule has 1 heterocycles. The van der Waals surface area contributed by atoms with Gasteiger partial charge in [0, 0.05) is 5.39 Å². The first-order chi connectivity index (χ1) is 6.98. The van der Waals surface area contributed by atoms with Gasteiger partial charge in [0.1, 0.15) is 0 Å². The first-order valence-electron chi connectivity index (χ1n) is 4.42. The second-order valence-electron chi connectivity index (χ2n) is 3.34. The highest BCUT2D eigenvalue weighted by Gasteiger charge is 2.25. The molecule has 1 aromatic heterocycles. The van der Waals surface area contributed by atoms with Crippen molar-refractivity contribution >= 4 is 45.7 Å². The molecule has 15 heavy (non-hydrogen) atoms. The van der Waals surface area contributed by atoms with Crippen LogP contribution in [0.3, 0.4) is 0 Å². The Balaban J connectivity index is 2.73. The molecule has 0 aliphatic rings. The normalized spacial score (nSPS) is 12.0. The van der Waals surface area contributed by atoms with Crippen molar-refractivity contribution in [2.24, 2.45) is 0 Å². The van der Waals surface area contributed by atoms with Gasteiger partial charge in [-0.1, -0.05) is 53.0 Å².